The summed E-state index contributed by atoms with van der Waals surface area (Å²) in [6, 6.07) is 21.4. The third-order valence-electron chi connectivity index (χ3n) is 7.81. The first kappa shape index (κ1) is 40.0. The van der Waals surface area contributed by atoms with E-state index in [4.69, 9.17) is 19.9 Å². The van der Waals surface area contributed by atoms with Crippen LogP contribution in [0.5, 0.6) is 5.75 Å². The number of rotatable bonds is 16. The number of esters is 1. The lowest BCUT2D eigenvalue weighted by atomic mass is 9.99. The van der Waals surface area contributed by atoms with E-state index < -0.39 is 5.82 Å². The number of nitrogen functional groups attached to an aromatic ring is 1. The highest BCUT2D eigenvalue weighted by Crippen LogP contribution is 2.24. The molecule has 1 aromatic heterocycles. The fraction of sp³-hybridized carbons (Fsp3) is 0.342. The zero-order valence-electron chi connectivity index (χ0n) is 30.0. The fourth-order valence-corrected chi connectivity index (χ4v) is 5.00. The van der Waals surface area contributed by atoms with Crippen LogP contribution in [0.25, 0.3) is 0 Å². The third kappa shape index (κ3) is 14.0. The number of piperidine rings is 1. The molecule has 14 nitrogen and oxygen atoms in total. The van der Waals surface area contributed by atoms with Gasteiger partial charge in [0.2, 0.25) is 17.8 Å². The van der Waals surface area contributed by atoms with Crippen LogP contribution in [0.4, 0.5) is 44.6 Å². The highest BCUT2D eigenvalue weighted by molar-refractivity contribution is 5.94. The molecule has 4 aromatic rings. The van der Waals surface area contributed by atoms with E-state index in [-0.39, 0.29) is 42.1 Å². The minimum atomic E-state index is -0.597. The van der Waals surface area contributed by atoms with Gasteiger partial charge in [-0.05, 0) is 80.4 Å². The first-order chi connectivity index (χ1) is 25.7. The number of anilines is 7. The summed E-state index contributed by atoms with van der Waals surface area (Å²) in [6.07, 6.45) is 4.10. The third-order valence-corrected chi connectivity index (χ3v) is 7.81. The zero-order valence-corrected chi connectivity index (χ0v) is 30.0. The summed E-state index contributed by atoms with van der Waals surface area (Å²) in [5.41, 5.74) is 8.78. The van der Waals surface area contributed by atoms with Crippen molar-refractivity contribution in [2.45, 2.75) is 39.0 Å². The number of nitrogens with one attached hydrogen (secondary N) is 5. The van der Waals surface area contributed by atoms with Gasteiger partial charge in [-0.25, -0.2) is 9.37 Å². The molecule has 0 radical (unpaired) electrons. The van der Waals surface area contributed by atoms with Gasteiger partial charge in [-0.2, -0.15) is 4.98 Å². The molecule has 0 spiro atoms. The van der Waals surface area contributed by atoms with E-state index >= 15 is 0 Å². The molecule has 53 heavy (non-hydrogen) atoms. The number of methoxy groups -OCH3 is 1. The van der Waals surface area contributed by atoms with Crippen molar-refractivity contribution in [3.8, 4) is 5.75 Å². The number of amides is 2. The summed E-state index contributed by atoms with van der Waals surface area (Å²) in [7, 11) is 1.62. The molecule has 1 aliphatic rings. The molecule has 15 heteroatoms. The fourth-order valence-electron chi connectivity index (χ4n) is 5.00. The van der Waals surface area contributed by atoms with Crippen LogP contribution >= 0.6 is 0 Å². The Labute approximate surface area is 308 Å². The minimum Gasteiger partial charge on any atom is -0.491 e. The van der Waals surface area contributed by atoms with Crippen LogP contribution in [0.3, 0.4) is 0 Å². The van der Waals surface area contributed by atoms with Crippen molar-refractivity contribution in [1.29, 1.82) is 0 Å². The van der Waals surface area contributed by atoms with Crippen molar-refractivity contribution < 1.29 is 33.0 Å². The van der Waals surface area contributed by atoms with Gasteiger partial charge < -0.3 is 46.5 Å². The highest BCUT2D eigenvalue weighted by Gasteiger charge is 2.21. The van der Waals surface area contributed by atoms with Crippen molar-refractivity contribution in [3.05, 3.63) is 84.8 Å². The maximum atomic E-state index is 14.4. The van der Waals surface area contributed by atoms with Crippen molar-refractivity contribution in [1.82, 2.24) is 15.3 Å². The lowest BCUT2D eigenvalue weighted by Gasteiger charge is -2.22. The van der Waals surface area contributed by atoms with Gasteiger partial charge in [-0.3, -0.25) is 14.4 Å². The summed E-state index contributed by atoms with van der Waals surface area (Å²) in [5, 5.41) is 14.9. The molecule has 0 saturated carbocycles. The summed E-state index contributed by atoms with van der Waals surface area (Å²) in [4.78, 5) is 43.2. The Morgan fingerprint density at radius 1 is 0.943 bits per heavy atom. The van der Waals surface area contributed by atoms with Gasteiger partial charge in [0.15, 0.2) is 11.6 Å². The van der Waals surface area contributed by atoms with Gasteiger partial charge in [0.25, 0.3) is 0 Å². The van der Waals surface area contributed by atoms with Gasteiger partial charge in [0, 0.05) is 43.6 Å². The van der Waals surface area contributed by atoms with Crippen LogP contribution in [0.1, 0.15) is 39.0 Å². The molecule has 1 atom stereocenters. The van der Waals surface area contributed by atoms with Crippen LogP contribution in [0, 0.1) is 11.7 Å². The molecule has 282 valence electrons. The second kappa shape index (κ2) is 21.5. The van der Waals surface area contributed by atoms with E-state index in [1.807, 2.05) is 24.3 Å². The largest absolute Gasteiger partial charge is 0.491 e. The second-order valence-electron chi connectivity index (χ2n) is 11.9. The second-order valence-corrected chi connectivity index (χ2v) is 11.9. The number of halogens is 1. The van der Waals surface area contributed by atoms with Crippen molar-refractivity contribution >= 4 is 58.0 Å². The Morgan fingerprint density at radius 2 is 1.74 bits per heavy atom. The van der Waals surface area contributed by atoms with Crippen LogP contribution in [0.15, 0.2) is 79.0 Å². The number of aromatic nitrogens is 2. The molecule has 3 aromatic carbocycles. The number of hydrogen-bond acceptors (Lipinski definition) is 12. The molecule has 1 aliphatic heterocycles. The Bertz CT molecular complexity index is 1770. The van der Waals surface area contributed by atoms with Crippen LogP contribution in [-0.2, 0) is 23.9 Å². The first-order valence-electron chi connectivity index (χ1n) is 17.4. The van der Waals surface area contributed by atoms with Crippen LogP contribution in [-0.4, -0.2) is 67.8 Å². The summed E-state index contributed by atoms with van der Waals surface area (Å²) >= 11 is 0. The number of carbonyl (C=O) groups excluding carboxylic acids is 3. The topological polar surface area (TPSA) is 191 Å². The van der Waals surface area contributed by atoms with Gasteiger partial charge >= 0.3 is 5.97 Å². The van der Waals surface area contributed by atoms with E-state index in [2.05, 4.69) is 36.6 Å². The highest BCUT2D eigenvalue weighted by atomic mass is 19.1. The summed E-state index contributed by atoms with van der Waals surface area (Å²) in [5.74, 6) is -0.105. The predicted molar refractivity (Wildman–Crippen MR) is 203 cm³/mol. The van der Waals surface area contributed by atoms with Crippen LogP contribution < -0.4 is 37.1 Å². The molecule has 0 bridgehead atoms. The number of para-hydroxylation sites is 2. The number of benzene rings is 3. The molecular formula is C38H47FN8O6. The van der Waals surface area contributed by atoms with Crippen molar-refractivity contribution in [3.63, 3.8) is 0 Å². The average molecular weight is 731 g/mol. The quantitative estimate of drug-likeness (QED) is 0.0448. The van der Waals surface area contributed by atoms with Gasteiger partial charge in [0.05, 0.1) is 36.7 Å². The predicted octanol–water partition coefficient (Wildman–Crippen LogP) is 6.01. The number of nitrogens with two attached hydrogens (primary N) is 1. The molecule has 0 aliphatic carbocycles. The minimum absolute atomic E-state index is 0.0157. The lowest BCUT2D eigenvalue weighted by molar-refractivity contribution is -0.143. The van der Waals surface area contributed by atoms with Gasteiger partial charge in [-0.1, -0.05) is 25.1 Å². The van der Waals surface area contributed by atoms with Gasteiger partial charge in [-0.15, -0.1) is 0 Å². The normalized spacial score (nSPS) is 13.5. The molecule has 1 saturated heterocycles. The van der Waals surface area contributed by atoms with Crippen LogP contribution in [0.2, 0.25) is 0 Å². The number of carbonyl (C=O) groups is 3. The molecule has 2 heterocycles. The first-order valence-corrected chi connectivity index (χ1v) is 17.4. The van der Waals surface area contributed by atoms with Crippen molar-refractivity contribution in [2.75, 3.05) is 67.0 Å². The summed E-state index contributed by atoms with van der Waals surface area (Å²) in [6.45, 7) is 4.58. The molecule has 5 rings (SSSR count). The molecule has 1 fully saturated rings. The lowest BCUT2D eigenvalue weighted by Crippen LogP contribution is -2.37. The van der Waals surface area contributed by atoms with E-state index in [9.17, 15) is 18.8 Å². The number of nitrogens with zero attached hydrogens (tertiary/aromatic N) is 2. The summed E-state index contributed by atoms with van der Waals surface area (Å²) < 4.78 is 29.8. The Morgan fingerprint density at radius 3 is 2.47 bits per heavy atom. The molecule has 2 amide bonds. The monoisotopic (exact) mass is 730 g/mol. The van der Waals surface area contributed by atoms with Gasteiger partial charge in [0.1, 0.15) is 12.4 Å². The van der Waals surface area contributed by atoms with E-state index in [0.29, 0.717) is 67.5 Å². The maximum Gasteiger partial charge on any atom is 0.305 e. The molecule has 7 N–H and O–H groups in total. The SMILES string of the molecule is CCC(=O)OCCCC(=O)Nc1ccccc1N.COCCOc1ccc(Nc2ncc(F)c(Nc3cccc(NC(=O)C4CCCNC4)c3)n2)cc1. The maximum absolute atomic E-state index is 14.4. The number of ether oxygens (including phenoxy) is 3. The van der Waals surface area contributed by atoms with E-state index in [1.54, 1.807) is 62.6 Å². The number of hydrogen-bond donors (Lipinski definition) is 6. The van der Waals surface area contributed by atoms with E-state index in [1.165, 1.54) is 0 Å². The zero-order chi connectivity index (χ0) is 37.8. The Balaban J connectivity index is 0.000000294. The molecule has 1 unspecified atom stereocenters. The smallest absolute Gasteiger partial charge is 0.305 e. The Kier molecular flexibility index (Phi) is 16.2. The average Bonchev–Trinajstić information content (AvgIpc) is 3.17. The molecular weight excluding hydrogens is 683 g/mol. The standard InChI is InChI=1S/C25H29FN6O3.C13H18N2O3/c1-34-12-13-35-21-9-7-18(8-10-21)31-25-28-16-22(26)23(32-25)29-19-5-2-6-20(14-19)30-24(33)17-4-3-11-27-15-17;1-2-13(17)18-9-5-8-12(16)15-11-7-4-3-6-10(11)14/h2,5-10,14,16-17,27H,3-4,11-13,15H2,1H3,(H,30,33)(H2,28,29,31,32);3-4,6-7H,2,5,8-9,14H2,1H3,(H,15,16). The Hall–Kier alpha value is -5.80. The van der Waals surface area contributed by atoms with E-state index in [0.717, 1.165) is 31.3 Å². The van der Waals surface area contributed by atoms with Crippen molar-refractivity contribution in [2.24, 2.45) is 5.92 Å².